The molecule has 0 aliphatic rings. The van der Waals surface area contributed by atoms with E-state index in [1.54, 1.807) is 19.1 Å². The Balaban J connectivity index is 0. The van der Waals surface area contributed by atoms with Crippen LogP contribution in [0.4, 0.5) is 11.4 Å². The zero-order chi connectivity index (χ0) is 27.1. The second kappa shape index (κ2) is 21.7. The number of anilines is 2. The van der Waals surface area contributed by atoms with E-state index in [1.807, 2.05) is 48.5 Å². The molecule has 6 N–H and O–H groups in total. The largest absolute Gasteiger partial charge is 0.460 e. The Bertz CT molecular complexity index is 924. The van der Waals surface area contributed by atoms with Crippen LogP contribution < -0.4 is 11.5 Å². The van der Waals surface area contributed by atoms with Gasteiger partial charge in [0, 0.05) is 23.0 Å². The van der Waals surface area contributed by atoms with Crippen molar-refractivity contribution in [3.8, 4) is 0 Å². The van der Waals surface area contributed by atoms with Crippen LogP contribution in [0.3, 0.4) is 0 Å². The summed E-state index contributed by atoms with van der Waals surface area (Å²) in [5, 5.41) is 16.3. The standard InChI is InChI=1S/2C8H9N.C6H10O3.C5H8O3/c1-2-7-3-5-8(9)6-4-7;1-2-7-4-3-5-8(9)6-7;1-5(2)6(8)9-4-3-7;1-2-5(7)8-4-3-6/h2*2-6H,1,9H2;7H,1,3-4H2,2H3;2,6H,1,3-4H2. The number of rotatable bonds is 8. The lowest BCUT2D eigenvalue weighted by molar-refractivity contribution is -0.140. The third-order valence-corrected chi connectivity index (χ3v) is 3.49. The fourth-order valence-corrected chi connectivity index (χ4v) is 1.78. The molecule has 0 bridgehead atoms. The van der Waals surface area contributed by atoms with Crippen molar-refractivity contribution >= 4 is 35.5 Å². The van der Waals surface area contributed by atoms with Crippen molar-refractivity contribution in [1.29, 1.82) is 0 Å². The molecular weight excluding hydrogens is 448 g/mol. The number of carbonyl (C=O) groups excluding carboxylic acids is 2. The molecule has 0 heterocycles. The first kappa shape index (κ1) is 33.0. The third kappa shape index (κ3) is 20.2. The van der Waals surface area contributed by atoms with Crippen LogP contribution >= 0.6 is 0 Å². The highest BCUT2D eigenvalue weighted by Gasteiger charge is 1.99. The van der Waals surface area contributed by atoms with Crippen LogP contribution in [0.15, 0.2) is 86.5 Å². The number of hydrogen-bond acceptors (Lipinski definition) is 8. The minimum Gasteiger partial charge on any atom is -0.460 e. The molecule has 2 rings (SSSR count). The summed E-state index contributed by atoms with van der Waals surface area (Å²) in [5.74, 6) is -0.955. The van der Waals surface area contributed by atoms with Gasteiger partial charge in [0.25, 0.3) is 0 Å². The molecule has 2 aromatic carbocycles. The fraction of sp³-hybridized carbons (Fsp3) is 0.185. The van der Waals surface area contributed by atoms with Gasteiger partial charge in [-0.1, -0.05) is 62.7 Å². The van der Waals surface area contributed by atoms with Gasteiger partial charge in [-0.3, -0.25) is 0 Å². The average Bonchev–Trinajstić information content (AvgIpc) is 2.87. The highest BCUT2D eigenvalue weighted by atomic mass is 16.5. The zero-order valence-corrected chi connectivity index (χ0v) is 20.2. The molecule has 0 atom stereocenters. The van der Waals surface area contributed by atoms with Crippen LogP contribution in [-0.2, 0) is 19.1 Å². The molecule has 0 aromatic heterocycles. The van der Waals surface area contributed by atoms with Crippen LogP contribution in [0.2, 0.25) is 0 Å². The fourth-order valence-electron chi connectivity index (χ4n) is 1.78. The lowest BCUT2D eigenvalue weighted by Gasteiger charge is -1.99. The van der Waals surface area contributed by atoms with Gasteiger partial charge in [-0.05, 0) is 42.3 Å². The molecule has 0 saturated carbocycles. The minimum absolute atomic E-state index is 0.0465. The molecule has 0 saturated heterocycles. The third-order valence-electron chi connectivity index (χ3n) is 3.49. The normalized spacial score (nSPS) is 8.66. The monoisotopic (exact) mass is 484 g/mol. The van der Waals surface area contributed by atoms with Gasteiger partial charge in [0.15, 0.2) is 0 Å². The number of esters is 2. The first-order valence-corrected chi connectivity index (χ1v) is 10.4. The van der Waals surface area contributed by atoms with Crippen molar-refractivity contribution in [3.05, 3.63) is 97.6 Å². The molecule has 0 unspecified atom stereocenters. The maximum absolute atomic E-state index is 10.5. The molecule has 0 aliphatic heterocycles. The highest BCUT2D eigenvalue weighted by Crippen LogP contribution is 2.06. The summed E-state index contributed by atoms with van der Waals surface area (Å²) in [4.78, 5) is 20.6. The summed E-state index contributed by atoms with van der Waals surface area (Å²) in [6, 6.07) is 15.2. The maximum atomic E-state index is 10.5. The molecule has 35 heavy (non-hydrogen) atoms. The van der Waals surface area contributed by atoms with E-state index in [2.05, 4.69) is 35.8 Å². The van der Waals surface area contributed by atoms with E-state index >= 15 is 0 Å². The van der Waals surface area contributed by atoms with Crippen LogP contribution in [0.25, 0.3) is 12.2 Å². The van der Waals surface area contributed by atoms with Gasteiger partial charge in [0.05, 0.1) is 13.2 Å². The molecule has 8 heteroatoms. The zero-order valence-electron chi connectivity index (χ0n) is 20.2. The Labute approximate surface area is 207 Å². The summed E-state index contributed by atoms with van der Waals surface area (Å²) in [5.41, 5.74) is 15.0. The highest BCUT2D eigenvalue weighted by molar-refractivity contribution is 5.86. The SMILES string of the molecule is C=C(C)C(=O)OCCO.C=CC(=O)OCCO.C=Cc1ccc(N)cc1.C=Cc1cccc(N)c1. The molecule has 0 spiro atoms. The Morgan fingerprint density at radius 1 is 0.857 bits per heavy atom. The van der Waals surface area contributed by atoms with Gasteiger partial charge in [0.2, 0.25) is 0 Å². The first-order valence-electron chi connectivity index (χ1n) is 10.4. The molecule has 0 fully saturated rings. The first-order chi connectivity index (χ1) is 16.6. The molecule has 0 radical (unpaired) electrons. The van der Waals surface area contributed by atoms with Gasteiger partial charge < -0.3 is 31.2 Å². The predicted octanol–water partition coefficient (Wildman–Crippen LogP) is 3.63. The number of ether oxygens (including phenoxy) is 2. The van der Waals surface area contributed by atoms with Crippen LogP contribution in [0.1, 0.15) is 18.1 Å². The van der Waals surface area contributed by atoms with Crippen LogP contribution in [0.5, 0.6) is 0 Å². The van der Waals surface area contributed by atoms with Crippen molar-refractivity contribution in [3.63, 3.8) is 0 Å². The second-order valence-electron chi connectivity index (χ2n) is 6.48. The van der Waals surface area contributed by atoms with Crippen molar-refractivity contribution in [1.82, 2.24) is 0 Å². The number of benzene rings is 2. The molecular formula is C27H36N2O6. The van der Waals surface area contributed by atoms with E-state index in [4.69, 9.17) is 21.7 Å². The van der Waals surface area contributed by atoms with Crippen LogP contribution in [-0.4, -0.2) is 48.6 Å². The maximum Gasteiger partial charge on any atom is 0.333 e. The Hall–Kier alpha value is -4.14. The quantitative estimate of drug-likeness (QED) is 0.252. The van der Waals surface area contributed by atoms with E-state index in [0.717, 1.165) is 28.6 Å². The van der Waals surface area contributed by atoms with E-state index in [1.165, 1.54) is 0 Å². The van der Waals surface area contributed by atoms with Crippen LogP contribution in [0, 0.1) is 0 Å². The van der Waals surface area contributed by atoms with Crippen molar-refractivity contribution < 1.29 is 29.3 Å². The Morgan fingerprint density at radius 2 is 1.40 bits per heavy atom. The smallest absolute Gasteiger partial charge is 0.333 e. The molecule has 2 aromatic rings. The number of hydrogen-bond donors (Lipinski definition) is 4. The predicted molar refractivity (Wildman–Crippen MR) is 143 cm³/mol. The summed E-state index contributed by atoms with van der Waals surface area (Å²) < 4.78 is 8.80. The van der Waals surface area contributed by atoms with Gasteiger partial charge >= 0.3 is 11.9 Å². The van der Waals surface area contributed by atoms with E-state index in [9.17, 15) is 9.59 Å². The number of nitrogen functional groups attached to an aromatic ring is 2. The summed E-state index contributed by atoms with van der Waals surface area (Å²) >= 11 is 0. The topological polar surface area (TPSA) is 145 Å². The average molecular weight is 485 g/mol. The lowest BCUT2D eigenvalue weighted by Crippen LogP contribution is -2.08. The number of aliphatic hydroxyl groups is 2. The minimum atomic E-state index is -0.501. The number of aliphatic hydroxyl groups excluding tert-OH is 2. The van der Waals surface area contributed by atoms with E-state index in [-0.39, 0.29) is 26.4 Å². The number of nitrogens with two attached hydrogens (primary N) is 2. The summed E-state index contributed by atoms with van der Waals surface area (Å²) in [6.07, 6.45) is 4.62. The molecule has 8 nitrogen and oxygen atoms in total. The van der Waals surface area contributed by atoms with Gasteiger partial charge in [-0.15, -0.1) is 0 Å². The Morgan fingerprint density at radius 3 is 1.80 bits per heavy atom. The molecule has 190 valence electrons. The van der Waals surface area contributed by atoms with Crippen molar-refractivity contribution in [2.45, 2.75) is 6.92 Å². The van der Waals surface area contributed by atoms with Gasteiger partial charge in [-0.25, -0.2) is 9.59 Å². The summed E-state index contributed by atoms with van der Waals surface area (Å²) in [6.45, 7) is 15.1. The second-order valence-corrected chi connectivity index (χ2v) is 6.48. The lowest BCUT2D eigenvalue weighted by atomic mass is 10.2. The van der Waals surface area contributed by atoms with Gasteiger partial charge in [0.1, 0.15) is 13.2 Å². The van der Waals surface area contributed by atoms with Crippen molar-refractivity contribution in [2.24, 2.45) is 0 Å². The summed E-state index contributed by atoms with van der Waals surface area (Å²) in [7, 11) is 0. The van der Waals surface area contributed by atoms with E-state index in [0.29, 0.717) is 5.57 Å². The Kier molecular flexibility index (Phi) is 20.5. The van der Waals surface area contributed by atoms with E-state index < -0.39 is 11.9 Å². The molecule has 0 amide bonds. The number of carbonyl (C=O) groups is 2. The molecule has 0 aliphatic carbocycles. The van der Waals surface area contributed by atoms with Gasteiger partial charge in [-0.2, -0.15) is 0 Å². The van der Waals surface area contributed by atoms with Crippen molar-refractivity contribution in [2.75, 3.05) is 37.9 Å².